The molecule has 4 aromatic rings. The molecule has 2 heterocycles. The van der Waals surface area contributed by atoms with E-state index in [2.05, 4.69) is 22.0 Å². The number of anilines is 1. The fraction of sp³-hybridized carbons (Fsp3) is 0.382. The predicted octanol–water partition coefficient (Wildman–Crippen LogP) is 4.34. The first kappa shape index (κ1) is 30.4. The first-order valence-corrected chi connectivity index (χ1v) is 15.0. The summed E-state index contributed by atoms with van der Waals surface area (Å²) in [7, 11) is 1.73. The van der Waals surface area contributed by atoms with Gasteiger partial charge in [0.1, 0.15) is 12.4 Å². The van der Waals surface area contributed by atoms with Crippen LogP contribution in [0.15, 0.2) is 72.8 Å². The minimum atomic E-state index is -0.547. The minimum Gasteiger partial charge on any atom is -0.387 e. The van der Waals surface area contributed by atoms with Crippen LogP contribution < -0.4 is 11.1 Å². The first-order valence-electron chi connectivity index (χ1n) is 15.0. The molecule has 0 radical (unpaired) electrons. The molecule has 1 aromatic heterocycles. The zero-order valence-corrected chi connectivity index (χ0v) is 24.7. The Labute approximate surface area is 252 Å². The molecular weight excluding hydrogens is 542 g/mol. The molecule has 0 bridgehead atoms. The van der Waals surface area contributed by atoms with Gasteiger partial charge in [0.2, 0.25) is 11.8 Å². The number of nitrogens with one attached hydrogen (secondary N) is 1. The van der Waals surface area contributed by atoms with Crippen molar-refractivity contribution in [2.75, 3.05) is 38.7 Å². The van der Waals surface area contributed by atoms with Crippen LogP contribution in [0.1, 0.15) is 43.0 Å². The van der Waals surface area contributed by atoms with E-state index in [-0.39, 0.29) is 17.9 Å². The van der Waals surface area contributed by atoms with Crippen LogP contribution in [-0.4, -0.2) is 70.8 Å². The van der Waals surface area contributed by atoms with Gasteiger partial charge in [-0.15, -0.1) is 0 Å². The number of aliphatic hydroxyl groups is 1. The summed E-state index contributed by atoms with van der Waals surface area (Å²) in [5.74, 6) is 0.908. The maximum absolute atomic E-state index is 13.4. The summed E-state index contributed by atoms with van der Waals surface area (Å²) in [4.78, 5) is 31.7. The largest absolute Gasteiger partial charge is 0.387 e. The number of nitrogens with zero attached hydrogens (tertiary/aromatic N) is 3. The van der Waals surface area contributed by atoms with E-state index in [1.807, 2.05) is 53.4 Å². The third kappa shape index (κ3) is 7.67. The Bertz CT molecular complexity index is 1520. The van der Waals surface area contributed by atoms with Gasteiger partial charge in [0, 0.05) is 57.4 Å². The van der Waals surface area contributed by atoms with Crippen LogP contribution in [0, 0.1) is 0 Å². The molecule has 9 heteroatoms. The van der Waals surface area contributed by atoms with Gasteiger partial charge < -0.3 is 30.4 Å². The van der Waals surface area contributed by atoms with Crippen molar-refractivity contribution in [3.05, 3.63) is 84.2 Å². The molecular formula is C34H41N5O4. The van der Waals surface area contributed by atoms with Gasteiger partial charge in [-0.2, -0.15) is 0 Å². The van der Waals surface area contributed by atoms with E-state index in [1.165, 1.54) is 0 Å². The number of rotatable bonds is 12. The molecule has 0 saturated carbocycles. The number of aryl methyl sites for hydroxylation is 1. The van der Waals surface area contributed by atoms with Crippen molar-refractivity contribution in [3.8, 4) is 11.1 Å². The lowest BCUT2D eigenvalue weighted by Crippen LogP contribution is -2.42. The second kappa shape index (κ2) is 14.4. The van der Waals surface area contributed by atoms with Gasteiger partial charge in [0.05, 0.1) is 11.0 Å². The van der Waals surface area contributed by atoms with Crippen LogP contribution >= 0.6 is 0 Å². The molecule has 0 spiro atoms. The maximum Gasteiger partial charge on any atom is 0.250 e. The molecule has 1 aliphatic heterocycles. The van der Waals surface area contributed by atoms with Crippen molar-refractivity contribution < 1.29 is 19.4 Å². The molecule has 226 valence electrons. The highest BCUT2D eigenvalue weighted by atomic mass is 16.5. The van der Waals surface area contributed by atoms with Crippen molar-refractivity contribution in [1.29, 1.82) is 0 Å². The number of fused-ring (bicyclic) bond motifs is 1. The highest BCUT2D eigenvalue weighted by Gasteiger charge is 2.29. The number of amides is 2. The highest BCUT2D eigenvalue weighted by Crippen LogP contribution is 2.30. The number of aromatic nitrogens is 2. The monoisotopic (exact) mass is 583 g/mol. The Hall–Kier alpha value is -4.05. The van der Waals surface area contributed by atoms with Crippen LogP contribution in [0.5, 0.6) is 0 Å². The Morgan fingerprint density at radius 1 is 1.07 bits per heavy atom. The predicted molar refractivity (Wildman–Crippen MR) is 169 cm³/mol. The fourth-order valence-corrected chi connectivity index (χ4v) is 5.93. The topological polar surface area (TPSA) is 123 Å². The quantitative estimate of drug-likeness (QED) is 0.213. The number of benzene rings is 3. The second-order valence-corrected chi connectivity index (χ2v) is 11.3. The lowest BCUT2D eigenvalue weighted by molar-refractivity contribution is -0.132. The van der Waals surface area contributed by atoms with Crippen LogP contribution in [0.4, 0.5) is 5.69 Å². The Kier molecular flexibility index (Phi) is 10.2. The summed E-state index contributed by atoms with van der Waals surface area (Å²) in [6.45, 7) is 2.41. The van der Waals surface area contributed by atoms with Gasteiger partial charge >= 0.3 is 0 Å². The van der Waals surface area contributed by atoms with E-state index < -0.39 is 12.5 Å². The van der Waals surface area contributed by atoms with Gasteiger partial charge in [-0.1, -0.05) is 48.5 Å². The molecule has 1 aliphatic rings. The summed E-state index contributed by atoms with van der Waals surface area (Å²) in [6, 6.07) is 23.6. The second-order valence-electron chi connectivity index (χ2n) is 11.3. The number of hydrogen-bond donors (Lipinski definition) is 3. The van der Waals surface area contributed by atoms with Gasteiger partial charge in [-0.25, -0.2) is 4.98 Å². The molecule has 2 amide bonds. The zero-order chi connectivity index (χ0) is 30.2. The molecule has 0 aliphatic carbocycles. The average molecular weight is 584 g/mol. The average Bonchev–Trinajstić information content (AvgIpc) is 3.40. The van der Waals surface area contributed by atoms with E-state index in [1.54, 1.807) is 19.2 Å². The first-order chi connectivity index (χ1) is 20.9. The SMILES string of the molecule is COCCCn1c([C@@H]2CCCN(C(=O)C[C@H](N)Cc3ccc(-c4ccc(NC(=O)CO)cc4)cc3)C2)nc2ccccc21. The van der Waals surface area contributed by atoms with Gasteiger partial charge in [0.15, 0.2) is 0 Å². The number of carbonyl (C=O) groups excluding carboxylic acids is 2. The van der Waals surface area contributed by atoms with E-state index >= 15 is 0 Å². The zero-order valence-electron chi connectivity index (χ0n) is 24.7. The van der Waals surface area contributed by atoms with Crippen molar-refractivity contribution >= 4 is 28.5 Å². The van der Waals surface area contributed by atoms with E-state index in [9.17, 15) is 9.59 Å². The van der Waals surface area contributed by atoms with Gasteiger partial charge in [0.25, 0.3) is 0 Å². The summed E-state index contributed by atoms with van der Waals surface area (Å²) in [6.07, 6.45) is 3.79. The summed E-state index contributed by atoms with van der Waals surface area (Å²) in [5, 5.41) is 11.5. The minimum absolute atomic E-state index is 0.101. The summed E-state index contributed by atoms with van der Waals surface area (Å²) in [5.41, 5.74) is 12.4. The molecule has 1 fully saturated rings. The standard InChI is InChI=1S/C34H41N5O4/c1-43-19-5-18-39-31-8-3-2-7-30(31)37-34(39)27-6-4-17-38(22-27)33(42)21-28(35)20-24-9-11-25(12-10-24)26-13-15-29(16-14-26)36-32(41)23-40/h2-3,7-16,27-28,40H,4-6,17-23,35H2,1H3,(H,36,41)/t27-,28-/m1/s1. The molecule has 3 aromatic carbocycles. The Morgan fingerprint density at radius 3 is 2.51 bits per heavy atom. The maximum atomic E-state index is 13.4. The van der Waals surface area contributed by atoms with Crippen molar-refractivity contribution in [1.82, 2.24) is 14.5 Å². The van der Waals surface area contributed by atoms with Crippen LogP contribution in [0.2, 0.25) is 0 Å². The lowest BCUT2D eigenvalue weighted by Gasteiger charge is -2.33. The number of carbonyl (C=O) groups is 2. The van der Waals surface area contributed by atoms with Crippen molar-refractivity contribution in [3.63, 3.8) is 0 Å². The number of hydrogen-bond acceptors (Lipinski definition) is 6. The van der Waals surface area contributed by atoms with E-state index in [4.69, 9.17) is 20.6 Å². The molecule has 43 heavy (non-hydrogen) atoms. The number of methoxy groups -OCH3 is 1. The fourth-order valence-electron chi connectivity index (χ4n) is 5.93. The third-order valence-electron chi connectivity index (χ3n) is 8.09. The molecule has 5 rings (SSSR count). The molecule has 2 atom stereocenters. The summed E-state index contributed by atoms with van der Waals surface area (Å²) >= 11 is 0. The summed E-state index contributed by atoms with van der Waals surface area (Å²) < 4.78 is 7.60. The smallest absolute Gasteiger partial charge is 0.250 e. The van der Waals surface area contributed by atoms with Crippen LogP contribution in [-0.2, 0) is 27.3 Å². The number of aliphatic hydroxyl groups excluding tert-OH is 1. The number of likely N-dealkylation sites (tertiary alicyclic amines) is 1. The van der Waals surface area contributed by atoms with Gasteiger partial charge in [-0.05, 0) is 66.6 Å². The number of imidazole rings is 1. The molecule has 9 nitrogen and oxygen atoms in total. The number of para-hydroxylation sites is 2. The molecule has 1 saturated heterocycles. The number of nitrogens with two attached hydrogens (primary N) is 1. The highest BCUT2D eigenvalue weighted by molar-refractivity contribution is 5.91. The normalized spacial score (nSPS) is 15.9. The van der Waals surface area contributed by atoms with Crippen molar-refractivity contribution in [2.24, 2.45) is 5.73 Å². The third-order valence-corrected chi connectivity index (χ3v) is 8.09. The Balaban J connectivity index is 1.17. The lowest BCUT2D eigenvalue weighted by atomic mass is 9.95. The number of ether oxygens (including phenoxy) is 1. The number of piperidine rings is 1. The Morgan fingerprint density at radius 2 is 1.79 bits per heavy atom. The van der Waals surface area contributed by atoms with Crippen LogP contribution in [0.25, 0.3) is 22.2 Å². The van der Waals surface area contributed by atoms with E-state index in [0.717, 1.165) is 65.9 Å². The van der Waals surface area contributed by atoms with Gasteiger partial charge in [-0.3, -0.25) is 9.59 Å². The molecule has 0 unspecified atom stereocenters. The van der Waals surface area contributed by atoms with Crippen molar-refractivity contribution in [2.45, 2.75) is 50.6 Å². The van der Waals surface area contributed by atoms with E-state index in [0.29, 0.717) is 31.7 Å². The molecule has 4 N–H and O–H groups in total. The van der Waals surface area contributed by atoms with Crippen LogP contribution in [0.3, 0.4) is 0 Å².